The first-order chi connectivity index (χ1) is 9.24. The lowest BCUT2D eigenvalue weighted by atomic mass is 10.2. The van der Waals surface area contributed by atoms with Crippen molar-refractivity contribution in [1.82, 2.24) is 5.32 Å². The van der Waals surface area contributed by atoms with Gasteiger partial charge in [-0.3, -0.25) is 0 Å². The van der Waals surface area contributed by atoms with Crippen LogP contribution in [-0.4, -0.2) is 33.5 Å². The highest BCUT2D eigenvalue weighted by Gasteiger charge is 2.15. The van der Waals surface area contributed by atoms with E-state index in [0.717, 1.165) is 38.1 Å². The minimum Gasteiger partial charge on any atom is -0.493 e. The molecule has 1 fully saturated rings. The molecule has 0 saturated carbocycles. The van der Waals surface area contributed by atoms with E-state index in [2.05, 4.69) is 5.32 Å². The summed E-state index contributed by atoms with van der Waals surface area (Å²) in [6.45, 7) is 2.49. The van der Waals surface area contributed by atoms with Gasteiger partial charge < -0.3 is 19.5 Å². The third-order valence-electron chi connectivity index (χ3n) is 3.22. The highest BCUT2D eigenvalue weighted by Crippen LogP contribution is 2.35. The molecule has 2 rings (SSSR count). The lowest BCUT2D eigenvalue weighted by Crippen LogP contribution is -2.25. The van der Waals surface area contributed by atoms with Gasteiger partial charge in [0.1, 0.15) is 0 Å². The molecule has 0 spiro atoms. The van der Waals surface area contributed by atoms with Crippen molar-refractivity contribution < 1.29 is 14.2 Å². The quantitative estimate of drug-likeness (QED) is 0.872. The molecular weight excluding hydrogens is 266 g/mol. The van der Waals surface area contributed by atoms with Gasteiger partial charge in [-0.05, 0) is 30.5 Å². The average Bonchev–Trinajstić information content (AvgIpc) is 2.91. The lowest BCUT2D eigenvalue weighted by Gasteiger charge is -2.14. The van der Waals surface area contributed by atoms with E-state index in [-0.39, 0.29) is 0 Å². The Kier molecular flexibility index (Phi) is 5.31. The molecule has 106 valence electrons. The zero-order valence-electron chi connectivity index (χ0n) is 11.4. The summed E-state index contributed by atoms with van der Waals surface area (Å²) < 4.78 is 16.0. The molecular formula is C14H20ClNO3. The molecule has 1 aromatic rings. The summed E-state index contributed by atoms with van der Waals surface area (Å²) in [7, 11) is 3.19. The summed E-state index contributed by atoms with van der Waals surface area (Å²) in [6, 6.07) is 3.83. The second-order valence-corrected chi connectivity index (χ2v) is 4.99. The number of rotatable bonds is 6. The van der Waals surface area contributed by atoms with Crippen LogP contribution in [0.4, 0.5) is 0 Å². The van der Waals surface area contributed by atoms with Gasteiger partial charge >= 0.3 is 0 Å². The molecule has 0 bridgehead atoms. The molecule has 0 aliphatic carbocycles. The van der Waals surface area contributed by atoms with Gasteiger partial charge in [0.15, 0.2) is 11.5 Å². The van der Waals surface area contributed by atoms with E-state index in [1.165, 1.54) is 0 Å². The first-order valence-electron chi connectivity index (χ1n) is 6.47. The fraction of sp³-hybridized carbons (Fsp3) is 0.571. The molecule has 1 aromatic carbocycles. The van der Waals surface area contributed by atoms with Crippen molar-refractivity contribution in [2.24, 2.45) is 0 Å². The molecule has 0 aromatic heterocycles. The standard InChI is InChI=1S/C14H20ClNO3/c1-17-13-7-10(6-12(15)14(13)18-2)8-16-9-11-4-3-5-19-11/h6-7,11,16H,3-5,8-9H2,1-2H3/t11-/m0/s1. The largest absolute Gasteiger partial charge is 0.493 e. The summed E-state index contributed by atoms with van der Waals surface area (Å²) in [4.78, 5) is 0. The van der Waals surface area contributed by atoms with Crippen molar-refractivity contribution in [2.75, 3.05) is 27.4 Å². The van der Waals surface area contributed by atoms with Crippen molar-refractivity contribution >= 4 is 11.6 Å². The van der Waals surface area contributed by atoms with E-state index < -0.39 is 0 Å². The molecule has 1 saturated heterocycles. The van der Waals surface area contributed by atoms with Crippen LogP contribution in [0.1, 0.15) is 18.4 Å². The Morgan fingerprint density at radius 1 is 1.37 bits per heavy atom. The summed E-state index contributed by atoms with van der Waals surface area (Å²) in [5, 5.41) is 3.95. The summed E-state index contributed by atoms with van der Waals surface area (Å²) in [5.74, 6) is 1.23. The first kappa shape index (κ1) is 14.4. The van der Waals surface area contributed by atoms with Crippen LogP contribution in [0.15, 0.2) is 12.1 Å². The number of hydrogen-bond acceptors (Lipinski definition) is 4. The molecule has 1 N–H and O–H groups in total. The monoisotopic (exact) mass is 285 g/mol. The predicted molar refractivity (Wildman–Crippen MR) is 75.2 cm³/mol. The van der Waals surface area contributed by atoms with Crippen molar-refractivity contribution in [1.29, 1.82) is 0 Å². The Bertz CT molecular complexity index is 419. The van der Waals surface area contributed by atoms with Crippen molar-refractivity contribution in [2.45, 2.75) is 25.5 Å². The Labute approximate surface area is 119 Å². The van der Waals surface area contributed by atoms with Crippen LogP contribution in [0.3, 0.4) is 0 Å². The highest BCUT2D eigenvalue weighted by atomic mass is 35.5. The molecule has 1 aliphatic rings. The van der Waals surface area contributed by atoms with Crippen molar-refractivity contribution in [3.63, 3.8) is 0 Å². The summed E-state index contributed by atoms with van der Waals surface area (Å²) >= 11 is 6.16. The van der Waals surface area contributed by atoms with Gasteiger partial charge in [-0.25, -0.2) is 0 Å². The number of hydrogen-bond donors (Lipinski definition) is 1. The average molecular weight is 286 g/mol. The van der Waals surface area contributed by atoms with Gasteiger partial charge in [0.2, 0.25) is 0 Å². The van der Waals surface area contributed by atoms with Gasteiger partial charge in [0.05, 0.1) is 25.3 Å². The Morgan fingerprint density at radius 3 is 2.84 bits per heavy atom. The highest BCUT2D eigenvalue weighted by molar-refractivity contribution is 6.32. The maximum absolute atomic E-state index is 6.16. The molecule has 1 heterocycles. The molecule has 1 atom stereocenters. The topological polar surface area (TPSA) is 39.7 Å². The first-order valence-corrected chi connectivity index (χ1v) is 6.85. The second kappa shape index (κ2) is 6.98. The Morgan fingerprint density at radius 2 is 2.21 bits per heavy atom. The molecule has 0 amide bonds. The third kappa shape index (κ3) is 3.75. The molecule has 19 heavy (non-hydrogen) atoms. The summed E-state index contributed by atoms with van der Waals surface area (Å²) in [5.41, 5.74) is 1.07. The van der Waals surface area contributed by atoms with Gasteiger partial charge in [-0.1, -0.05) is 11.6 Å². The van der Waals surface area contributed by atoms with Crippen LogP contribution in [0.25, 0.3) is 0 Å². The smallest absolute Gasteiger partial charge is 0.179 e. The molecule has 1 aliphatic heterocycles. The number of ether oxygens (including phenoxy) is 3. The SMILES string of the molecule is COc1cc(CNC[C@@H]2CCCO2)cc(Cl)c1OC. The van der Waals surface area contributed by atoms with E-state index in [9.17, 15) is 0 Å². The number of nitrogens with one attached hydrogen (secondary N) is 1. The van der Waals surface area contributed by atoms with Crippen molar-refractivity contribution in [3.05, 3.63) is 22.7 Å². The number of halogens is 1. The van der Waals surface area contributed by atoms with Gasteiger partial charge in [0.25, 0.3) is 0 Å². The van der Waals surface area contributed by atoms with E-state index in [0.29, 0.717) is 22.6 Å². The fourth-order valence-electron chi connectivity index (χ4n) is 2.26. The zero-order chi connectivity index (χ0) is 13.7. The maximum atomic E-state index is 6.16. The van der Waals surface area contributed by atoms with E-state index in [4.69, 9.17) is 25.8 Å². The van der Waals surface area contributed by atoms with Crippen LogP contribution in [0.5, 0.6) is 11.5 Å². The van der Waals surface area contributed by atoms with Gasteiger partial charge in [-0.2, -0.15) is 0 Å². The molecule has 0 radical (unpaired) electrons. The molecule has 0 unspecified atom stereocenters. The van der Waals surface area contributed by atoms with Crippen LogP contribution in [0.2, 0.25) is 5.02 Å². The number of methoxy groups -OCH3 is 2. The molecule has 5 heteroatoms. The van der Waals surface area contributed by atoms with E-state index in [1.54, 1.807) is 14.2 Å². The van der Waals surface area contributed by atoms with Crippen LogP contribution < -0.4 is 14.8 Å². The van der Waals surface area contributed by atoms with E-state index in [1.807, 2.05) is 12.1 Å². The van der Waals surface area contributed by atoms with E-state index >= 15 is 0 Å². The second-order valence-electron chi connectivity index (χ2n) is 4.58. The van der Waals surface area contributed by atoms with Crippen LogP contribution in [-0.2, 0) is 11.3 Å². The maximum Gasteiger partial charge on any atom is 0.179 e. The van der Waals surface area contributed by atoms with Gasteiger partial charge in [-0.15, -0.1) is 0 Å². The normalized spacial score (nSPS) is 18.6. The fourth-order valence-corrected chi connectivity index (χ4v) is 2.57. The lowest BCUT2D eigenvalue weighted by molar-refractivity contribution is 0.110. The third-order valence-corrected chi connectivity index (χ3v) is 3.50. The van der Waals surface area contributed by atoms with Crippen LogP contribution in [0, 0.1) is 0 Å². The van der Waals surface area contributed by atoms with Gasteiger partial charge in [0, 0.05) is 19.7 Å². The Balaban J connectivity index is 1.94. The van der Waals surface area contributed by atoms with Crippen molar-refractivity contribution in [3.8, 4) is 11.5 Å². The minimum absolute atomic E-state index is 0.343. The zero-order valence-corrected chi connectivity index (χ0v) is 12.1. The Hall–Kier alpha value is -0.970. The van der Waals surface area contributed by atoms with Crippen LogP contribution >= 0.6 is 11.6 Å². The predicted octanol–water partition coefficient (Wildman–Crippen LogP) is 2.63. The molecule has 4 nitrogen and oxygen atoms in total. The minimum atomic E-state index is 0.343. The summed E-state index contributed by atoms with van der Waals surface area (Å²) in [6.07, 6.45) is 2.64. The number of benzene rings is 1.